The molecule has 53 heavy (non-hydrogen) atoms. The van der Waals surface area contributed by atoms with E-state index in [-0.39, 0.29) is 41.5 Å². The number of hydrogen-bond acceptors (Lipinski definition) is 9. The van der Waals surface area contributed by atoms with Crippen LogP contribution in [0.5, 0.6) is 5.75 Å². The van der Waals surface area contributed by atoms with Crippen molar-refractivity contribution in [2.75, 3.05) is 44.6 Å². The smallest absolute Gasteiger partial charge is 0.387 e. The molecule has 13 nitrogen and oxygen atoms in total. The van der Waals surface area contributed by atoms with E-state index in [1.54, 1.807) is 12.1 Å². The third-order valence-electron chi connectivity index (χ3n) is 9.26. The lowest BCUT2D eigenvalue weighted by Gasteiger charge is -2.37. The molecular weight excluding hydrogens is 700 g/mol. The van der Waals surface area contributed by atoms with Gasteiger partial charge in [0.05, 0.1) is 11.9 Å². The fourth-order valence-electron chi connectivity index (χ4n) is 6.42. The molecule has 284 valence electrons. The van der Waals surface area contributed by atoms with Gasteiger partial charge in [0, 0.05) is 67.3 Å². The number of amides is 2. The number of aryl methyl sites for hydroxylation is 1. The van der Waals surface area contributed by atoms with E-state index < -0.39 is 24.0 Å². The number of nitrogens with zero attached hydrogens (tertiary/aromatic N) is 4. The second kappa shape index (κ2) is 18.0. The Kier molecular flexibility index (Phi) is 13.2. The van der Waals surface area contributed by atoms with E-state index in [9.17, 15) is 27.2 Å². The number of aromatic nitrogens is 3. The van der Waals surface area contributed by atoms with Crippen LogP contribution in [0.1, 0.15) is 42.6 Å². The number of benzene rings is 2. The molecule has 2 fully saturated rings. The normalized spacial score (nSPS) is 15.6. The van der Waals surface area contributed by atoms with Gasteiger partial charge in [-0.15, -0.1) is 0 Å². The van der Waals surface area contributed by atoms with Crippen molar-refractivity contribution in [3.05, 3.63) is 71.7 Å². The summed E-state index contributed by atoms with van der Waals surface area (Å²) in [5.41, 5.74) is 2.14. The SMILES string of the molecule is CCc1cc(Nc2nccn3c(-c4ccc(OC(F)F)c(F)c4F)cnc23)ccc1C(=O)N[C@H](C)CNC(=O)C1CCN(CC2CNC2)CC1.O=CO. The van der Waals surface area contributed by atoms with E-state index >= 15 is 0 Å². The maximum absolute atomic E-state index is 14.9. The molecule has 2 amide bonds. The van der Waals surface area contributed by atoms with Crippen molar-refractivity contribution in [2.24, 2.45) is 11.8 Å². The number of fused-ring (bicyclic) bond motifs is 1. The number of likely N-dealkylation sites (tertiary alicyclic amines) is 1. The summed E-state index contributed by atoms with van der Waals surface area (Å²) in [5.74, 6) is -3.01. The number of rotatable bonds is 13. The van der Waals surface area contributed by atoms with Crippen LogP contribution < -0.4 is 26.0 Å². The first kappa shape index (κ1) is 38.9. The summed E-state index contributed by atoms with van der Waals surface area (Å²) in [7, 11) is 0. The fourth-order valence-corrected chi connectivity index (χ4v) is 6.42. The minimum absolute atomic E-state index is 0.0137. The van der Waals surface area contributed by atoms with Crippen LogP contribution >= 0.6 is 0 Å². The average Bonchev–Trinajstić information content (AvgIpc) is 3.56. The largest absolute Gasteiger partial charge is 0.483 e. The summed E-state index contributed by atoms with van der Waals surface area (Å²) >= 11 is 0. The highest BCUT2D eigenvalue weighted by Crippen LogP contribution is 2.32. The fraction of sp³-hybridized carbons (Fsp3) is 0.417. The first-order chi connectivity index (χ1) is 25.5. The maximum Gasteiger partial charge on any atom is 0.387 e. The van der Waals surface area contributed by atoms with Gasteiger partial charge in [-0.25, -0.2) is 14.4 Å². The third-order valence-corrected chi connectivity index (χ3v) is 9.26. The Morgan fingerprint density at radius 1 is 1.11 bits per heavy atom. The molecule has 0 spiro atoms. The summed E-state index contributed by atoms with van der Waals surface area (Å²) in [6.45, 7) is 5.66. The molecule has 17 heteroatoms. The average molecular weight is 743 g/mol. The molecule has 1 atom stereocenters. The predicted molar refractivity (Wildman–Crippen MR) is 188 cm³/mol. The highest BCUT2D eigenvalue weighted by molar-refractivity contribution is 5.96. The number of carboxylic acid groups (broad SMARTS) is 1. The number of carbonyl (C=O) groups excluding carboxylic acids is 2. The highest BCUT2D eigenvalue weighted by atomic mass is 19.3. The zero-order valence-electron chi connectivity index (χ0n) is 29.3. The topological polar surface area (TPSA) is 162 Å². The molecule has 2 aromatic heterocycles. The Morgan fingerprint density at radius 2 is 1.85 bits per heavy atom. The van der Waals surface area contributed by atoms with E-state index in [0.717, 1.165) is 69.2 Å². The first-order valence-corrected chi connectivity index (χ1v) is 17.3. The minimum atomic E-state index is -3.30. The first-order valence-electron chi connectivity index (χ1n) is 17.3. The lowest BCUT2D eigenvalue weighted by molar-refractivity contribution is -0.126. The van der Waals surface area contributed by atoms with Crippen molar-refractivity contribution in [1.29, 1.82) is 0 Å². The van der Waals surface area contributed by atoms with Gasteiger partial charge in [-0.1, -0.05) is 6.92 Å². The summed E-state index contributed by atoms with van der Waals surface area (Å²) in [4.78, 5) is 45.6. The molecule has 0 bridgehead atoms. The van der Waals surface area contributed by atoms with Crippen LogP contribution in [0.3, 0.4) is 0 Å². The van der Waals surface area contributed by atoms with Gasteiger partial charge in [0.2, 0.25) is 11.7 Å². The number of ether oxygens (including phenoxy) is 1. The Balaban J connectivity index is 0.00000175. The zero-order valence-corrected chi connectivity index (χ0v) is 29.3. The van der Waals surface area contributed by atoms with Gasteiger partial charge in [-0.05, 0) is 81.1 Å². The van der Waals surface area contributed by atoms with Gasteiger partial charge in [0.25, 0.3) is 12.4 Å². The van der Waals surface area contributed by atoms with Gasteiger partial charge < -0.3 is 36.0 Å². The van der Waals surface area contributed by atoms with E-state index in [4.69, 9.17) is 9.90 Å². The molecule has 6 rings (SSSR count). The molecule has 4 heterocycles. The molecule has 0 radical (unpaired) electrons. The van der Waals surface area contributed by atoms with Crippen molar-refractivity contribution < 1.29 is 41.8 Å². The summed E-state index contributed by atoms with van der Waals surface area (Å²) in [6.07, 6.45) is 6.51. The van der Waals surface area contributed by atoms with Crippen molar-refractivity contribution >= 4 is 35.4 Å². The molecule has 4 aromatic rings. The van der Waals surface area contributed by atoms with E-state index in [1.165, 1.54) is 23.0 Å². The third kappa shape index (κ3) is 9.58. The van der Waals surface area contributed by atoms with Gasteiger partial charge in [-0.2, -0.15) is 13.2 Å². The van der Waals surface area contributed by atoms with Crippen LogP contribution in [0.25, 0.3) is 16.9 Å². The molecular formula is C36H42F4N8O5. The number of hydrogen-bond donors (Lipinski definition) is 5. The Labute approximate surface area is 303 Å². The quantitative estimate of drug-likeness (QED) is 0.0978. The molecule has 2 aliphatic rings. The molecule has 0 unspecified atom stereocenters. The lowest BCUT2D eigenvalue weighted by Crippen LogP contribution is -2.50. The second-order valence-electron chi connectivity index (χ2n) is 12.9. The van der Waals surface area contributed by atoms with E-state index in [1.807, 2.05) is 19.9 Å². The molecule has 0 aliphatic carbocycles. The monoisotopic (exact) mass is 742 g/mol. The number of carbonyl (C=O) groups is 3. The van der Waals surface area contributed by atoms with E-state index in [0.29, 0.717) is 35.7 Å². The van der Waals surface area contributed by atoms with Crippen LogP contribution in [0.2, 0.25) is 0 Å². The zero-order chi connectivity index (χ0) is 38.1. The standard InChI is InChI=1S/C35H40F4N8O3.CH2O2/c1-3-22-14-24(45-31-32-42-18-27(47(32)13-10-41-31)26-6-7-28(50-35(38)39)30(37)29(26)36)4-5-25(22)34(49)44-20(2)15-43-33(48)23-8-11-46(12-9-23)19-21-16-40-17-21;2-1-3/h4-7,10,13-14,18,20-21,23,35,40H,3,8-9,11-12,15-17,19H2,1-2H3,(H,41,45)(H,43,48)(H,44,49);1H,(H,2,3)/t20-;/m1./s1. The number of halogens is 4. The number of alkyl halides is 2. The van der Waals surface area contributed by atoms with Crippen LogP contribution in [0.4, 0.5) is 29.1 Å². The molecule has 5 N–H and O–H groups in total. The second-order valence-corrected chi connectivity index (χ2v) is 12.9. The van der Waals surface area contributed by atoms with Crippen molar-refractivity contribution in [3.63, 3.8) is 0 Å². The van der Waals surface area contributed by atoms with Crippen LogP contribution in [0.15, 0.2) is 48.9 Å². The van der Waals surface area contributed by atoms with Gasteiger partial charge in [0.1, 0.15) is 0 Å². The number of anilines is 2. The molecule has 2 saturated heterocycles. The van der Waals surface area contributed by atoms with Gasteiger partial charge in [-0.3, -0.25) is 18.8 Å². The Bertz CT molecular complexity index is 1900. The summed E-state index contributed by atoms with van der Waals surface area (Å²) in [5, 5.41) is 19.4. The van der Waals surface area contributed by atoms with Gasteiger partial charge in [0.15, 0.2) is 23.0 Å². The maximum atomic E-state index is 14.9. The molecule has 2 aliphatic heterocycles. The van der Waals surface area contributed by atoms with E-state index in [2.05, 4.69) is 40.9 Å². The summed E-state index contributed by atoms with van der Waals surface area (Å²) in [6, 6.07) is 7.02. The van der Waals surface area contributed by atoms with Crippen LogP contribution in [-0.4, -0.2) is 94.6 Å². The Morgan fingerprint density at radius 3 is 2.51 bits per heavy atom. The van der Waals surface area contributed by atoms with Crippen molar-refractivity contribution in [3.8, 4) is 17.0 Å². The van der Waals surface area contributed by atoms with Crippen molar-refractivity contribution in [2.45, 2.75) is 45.8 Å². The van der Waals surface area contributed by atoms with Crippen LogP contribution in [-0.2, 0) is 16.0 Å². The number of piperidine rings is 1. The number of imidazole rings is 1. The highest BCUT2D eigenvalue weighted by Gasteiger charge is 2.28. The molecule has 0 saturated carbocycles. The minimum Gasteiger partial charge on any atom is -0.483 e. The Hall–Kier alpha value is -5.29. The molecule has 2 aromatic carbocycles. The summed E-state index contributed by atoms with van der Waals surface area (Å²) < 4.78 is 60.0. The predicted octanol–water partition coefficient (Wildman–Crippen LogP) is 4.45. The van der Waals surface area contributed by atoms with Crippen LogP contribution in [0, 0.1) is 23.5 Å². The number of nitrogens with one attached hydrogen (secondary N) is 4. The van der Waals surface area contributed by atoms with Crippen molar-refractivity contribution in [1.82, 2.24) is 35.2 Å². The lowest BCUT2D eigenvalue weighted by atomic mass is 9.94. The van der Waals surface area contributed by atoms with Gasteiger partial charge >= 0.3 is 6.61 Å².